The third kappa shape index (κ3) is 6.66. The number of nitrogens with zero attached hydrogens (tertiary/aromatic N) is 3. The highest BCUT2D eigenvalue weighted by atomic mass is 16.3. The van der Waals surface area contributed by atoms with Crippen molar-refractivity contribution in [1.82, 2.24) is 4.48 Å². The fraction of sp³-hybridized carbons (Fsp3) is 0.182. The van der Waals surface area contributed by atoms with Gasteiger partial charge in [-0.2, -0.15) is 0 Å². The molecule has 71 heavy (non-hydrogen) atoms. The fourth-order valence-electron chi connectivity index (χ4n) is 11.7. The topological polar surface area (TPSA) is 24.6 Å². The molecule has 0 saturated heterocycles. The molecule has 0 spiro atoms. The Morgan fingerprint density at radius 3 is 1.70 bits per heavy atom. The first-order valence-electron chi connectivity index (χ1n) is 25.3. The average Bonchev–Trinajstić information content (AvgIpc) is 3.91. The second-order valence-corrected chi connectivity index (χ2v) is 23.0. The molecular formula is C66H58BN3O. The molecule has 2 aromatic heterocycles. The highest BCUT2D eigenvalue weighted by Crippen LogP contribution is 2.53. The van der Waals surface area contributed by atoms with Gasteiger partial charge in [0.25, 0.3) is 0 Å². The van der Waals surface area contributed by atoms with Crippen molar-refractivity contribution in [3.63, 3.8) is 0 Å². The third-order valence-corrected chi connectivity index (χ3v) is 15.4. The highest BCUT2D eigenvalue weighted by molar-refractivity contribution is 6.90. The molecule has 0 radical (unpaired) electrons. The van der Waals surface area contributed by atoms with Gasteiger partial charge in [-0.3, -0.25) is 0 Å². The summed E-state index contributed by atoms with van der Waals surface area (Å²) in [6.07, 6.45) is 0. The first kappa shape index (κ1) is 43.3. The third-order valence-electron chi connectivity index (χ3n) is 15.4. The molecule has 4 heterocycles. The zero-order valence-electron chi connectivity index (χ0n) is 42.2. The summed E-state index contributed by atoms with van der Waals surface area (Å²) in [6.45, 7) is 20.8. The molecule has 11 aromatic rings. The van der Waals surface area contributed by atoms with E-state index in [0.29, 0.717) is 0 Å². The number of para-hydroxylation sites is 3. The van der Waals surface area contributed by atoms with Crippen LogP contribution in [0, 0.1) is 0 Å². The molecule has 0 N–H and O–H groups in total. The van der Waals surface area contributed by atoms with E-state index in [1.807, 2.05) is 0 Å². The summed E-state index contributed by atoms with van der Waals surface area (Å²) in [7, 11) is 0. The molecule has 9 aromatic carbocycles. The Bertz CT molecular complexity index is 3900. The lowest BCUT2D eigenvalue weighted by atomic mass is 9.45. The lowest BCUT2D eigenvalue weighted by Gasteiger charge is -2.42. The zero-order valence-corrected chi connectivity index (χ0v) is 42.2. The van der Waals surface area contributed by atoms with Crippen LogP contribution in [0.3, 0.4) is 0 Å². The number of benzene rings is 9. The Morgan fingerprint density at radius 1 is 0.437 bits per heavy atom. The van der Waals surface area contributed by atoms with Crippen molar-refractivity contribution in [1.29, 1.82) is 0 Å². The zero-order chi connectivity index (χ0) is 48.7. The minimum atomic E-state index is -0.164. The Hall–Kier alpha value is -7.76. The number of fused-ring (bicyclic) bond motifs is 11. The van der Waals surface area contributed by atoms with Crippen LogP contribution in [0.25, 0.3) is 66.0 Å². The van der Waals surface area contributed by atoms with Gasteiger partial charge in [-0.25, -0.2) is 0 Å². The number of hydrogen-bond acceptors (Lipinski definition) is 3. The molecule has 2 aliphatic rings. The maximum Gasteiger partial charge on any atom is 0.333 e. The van der Waals surface area contributed by atoms with Crippen molar-refractivity contribution in [3.05, 3.63) is 205 Å². The second-order valence-electron chi connectivity index (χ2n) is 23.0. The van der Waals surface area contributed by atoms with Crippen LogP contribution in [-0.2, 0) is 16.2 Å². The van der Waals surface area contributed by atoms with Gasteiger partial charge in [0, 0.05) is 61.1 Å². The summed E-state index contributed by atoms with van der Waals surface area (Å²) in [5, 5.41) is 4.83. The SMILES string of the molecule is CC(C)(C)c1ccc(N2c3cc(N(c4ccccc4)c4ccccc4)ccc3B3c4c(cc5oc6ccccc6c5c42)-c2cc(C(C)(C)C)cc4c5cc(C(C)(C)C)ccc5n3c24)c(-c2ccccc2)c1. The van der Waals surface area contributed by atoms with E-state index in [2.05, 4.69) is 265 Å². The molecule has 5 heteroatoms. The van der Waals surface area contributed by atoms with Crippen LogP contribution >= 0.6 is 0 Å². The molecule has 0 amide bonds. The van der Waals surface area contributed by atoms with Crippen LogP contribution in [0.4, 0.5) is 34.1 Å². The first-order valence-corrected chi connectivity index (χ1v) is 25.3. The number of aromatic nitrogens is 1. The second kappa shape index (κ2) is 15.4. The molecule has 13 rings (SSSR count). The Morgan fingerprint density at radius 2 is 1.03 bits per heavy atom. The molecular weight excluding hydrogens is 862 g/mol. The van der Waals surface area contributed by atoms with Crippen molar-refractivity contribution >= 4 is 95.6 Å². The van der Waals surface area contributed by atoms with Crippen LogP contribution in [0.2, 0.25) is 0 Å². The van der Waals surface area contributed by atoms with Crippen LogP contribution in [0.1, 0.15) is 79.0 Å². The maximum atomic E-state index is 7.10. The monoisotopic (exact) mass is 919 g/mol. The van der Waals surface area contributed by atoms with Crippen LogP contribution in [-0.4, -0.2) is 11.3 Å². The number of furan rings is 1. The molecule has 0 saturated carbocycles. The van der Waals surface area contributed by atoms with Crippen molar-refractivity contribution in [2.24, 2.45) is 0 Å². The largest absolute Gasteiger partial charge is 0.456 e. The predicted octanol–water partition coefficient (Wildman–Crippen LogP) is 17.1. The van der Waals surface area contributed by atoms with E-state index in [4.69, 9.17) is 4.42 Å². The van der Waals surface area contributed by atoms with Crippen LogP contribution < -0.4 is 20.7 Å². The van der Waals surface area contributed by atoms with Gasteiger partial charge in [0.05, 0.1) is 16.8 Å². The maximum absolute atomic E-state index is 7.10. The van der Waals surface area contributed by atoms with E-state index in [0.717, 1.165) is 56.1 Å². The van der Waals surface area contributed by atoms with Crippen molar-refractivity contribution in [2.45, 2.75) is 78.6 Å². The quantitative estimate of drug-likeness (QED) is 0.161. The van der Waals surface area contributed by atoms with Gasteiger partial charge < -0.3 is 18.7 Å². The highest BCUT2D eigenvalue weighted by Gasteiger charge is 2.45. The van der Waals surface area contributed by atoms with Gasteiger partial charge in [0.15, 0.2) is 0 Å². The summed E-state index contributed by atoms with van der Waals surface area (Å²) in [5.74, 6) is 0. The minimum Gasteiger partial charge on any atom is -0.456 e. The van der Waals surface area contributed by atoms with Crippen molar-refractivity contribution in [3.8, 4) is 22.3 Å². The van der Waals surface area contributed by atoms with Crippen LogP contribution in [0.5, 0.6) is 0 Å². The summed E-state index contributed by atoms with van der Waals surface area (Å²) in [6, 6.07) is 70.3. The predicted molar refractivity (Wildman–Crippen MR) is 303 cm³/mol. The lowest BCUT2D eigenvalue weighted by molar-refractivity contribution is 0.590. The molecule has 0 aliphatic carbocycles. The van der Waals surface area contributed by atoms with Gasteiger partial charge in [-0.1, -0.05) is 165 Å². The Labute approximate surface area is 417 Å². The van der Waals surface area contributed by atoms with Crippen molar-refractivity contribution < 1.29 is 4.42 Å². The lowest BCUT2D eigenvalue weighted by Crippen LogP contribution is -2.56. The van der Waals surface area contributed by atoms with E-state index in [-0.39, 0.29) is 23.1 Å². The van der Waals surface area contributed by atoms with Crippen molar-refractivity contribution in [2.75, 3.05) is 9.80 Å². The van der Waals surface area contributed by atoms with E-state index in [9.17, 15) is 0 Å². The van der Waals surface area contributed by atoms with Crippen LogP contribution in [0.15, 0.2) is 192 Å². The van der Waals surface area contributed by atoms with Gasteiger partial charge in [-0.05, 0) is 140 Å². The Balaban J connectivity index is 1.23. The van der Waals surface area contributed by atoms with Gasteiger partial charge in [0.1, 0.15) is 11.2 Å². The first-order chi connectivity index (χ1) is 34.1. The van der Waals surface area contributed by atoms with Gasteiger partial charge >= 0.3 is 6.85 Å². The molecule has 0 bridgehead atoms. The Kier molecular flexibility index (Phi) is 9.37. The molecule has 2 aliphatic heterocycles. The molecule has 0 unspecified atom stereocenters. The summed E-state index contributed by atoms with van der Waals surface area (Å²) in [4.78, 5) is 5.02. The van der Waals surface area contributed by atoms with E-state index >= 15 is 0 Å². The summed E-state index contributed by atoms with van der Waals surface area (Å²) < 4.78 is 9.81. The normalized spacial score (nSPS) is 13.4. The van der Waals surface area contributed by atoms with Gasteiger partial charge in [-0.15, -0.1) is 0 Å². The average molecular weight is 920 g/mol. The number of anilines is 6. The number of rotatable bonds is 5. The molecule has 346 valence electrons. The molecule has 0 atom stereocenters. The summed E-state index contributed by atoms with van der Waals surface area (Å²) in [5.41, 5.74) is 22.1. The van der Waals surface area contributed by atoms with E-state index < -0.39 is 0 Å². The standard InChI is InChI=1S/C66H58BN3O/c1-64(2,3)42-29-33-55(49(35-42)41-21-13-10-14-22-41)69-57-39-47(68(45-23-15-11-16-24-45)46-25-17-12-18-26-46)31-32-54(57)67-61-51(40-59-60(63(61)69)48-27-19-20-28-58(48)71-59)53-38-44(66(7,8)9)37-52-50-36-43(65(4,5)6)30-34-56(50)70(67)62(52)53/h10-40H,1-9H3. The van der Waals surface area contributed by atoms with Gasteiger partial charge in [0.2, 0.25) is 0 Å². The molecule has 0 fully saturated rings. The number of hydrogen-bond donors (Lipinski definition) is 0. The van der Waals surface area contributed by atoms with E-state index in [1.165, 1.54) is 71.7 Å². The van der Waals surface area contributed by atoms with E-state index in [1.54, 1.807) is 0 Å². The molecule has 4 nitrogen and oxygen atoms in total. The summed E-state index contributed by atoms with van der Waals surface area (Å²) >= 11 is 0. The fourth-order valence-corrected chi connectivity index (χ4v) is 11.7. The minimum absolute atomic E-state index is 0.0222. The smallest absolute Gasteiger partial charge is 0.333 e.